The average molecular weight is 753 g/mol. The van der Waals surface area contributed by atoms with Crippen LogP contribution in [0.4, 0.5) is 0 Å². The van der Waals surface area contributed by atoms with E-state index in [0.717, 1.165) is 75.5 Å². The highest BCUT2D eigenvalue weighted by atomic mass is 16.5. The highest BCUT2D eigenvalue weighted by Crippen LogP contribution is 2.50. The smallest absolute Gasteiger partial charge is 0.255 e. The number of nitrogens with one attached hydrogen (secondary N) is 1. The SMILES string of the molecule is O=C1CC[C@H](N2Cc3c(ccc4c3OCC43CCN(C4CN(CCOc5ccc([C@@H]6c7ccc(O)cc7CC[C@@H]6c6ccccc6)cc5)C4)CC3)C2=O)C(=O)N1. The normalized spacial score (nSPS) is 24.6. The summed E-state index contributed by atoms with van der Waals surface area (Å²) in [6.45, 7) is 6.64. The quantitative estimate of drug-likeness (QED) is 0.227. The number of rotatable bonds is 8. The Bertz CT molecular complexity index is 2180. The lowest BCUT2D eigenvalue weighted by atomic mass is 9.69. The molecule has 56 heavy (non-hydrogen) atoms. The first kappa shape index (κ1) is 35.2. The van der Waals surface area contributed by atoms with Crippen molar-refractivity contribution in [2.24, 2.45) is 0 Å². The number of piperidine rings is 2. The maximum absolute atomic E-state index is 13.4. The molecular formula is C46H48N4O6. The molecule has 6 aliphatic rings. The van der Waals surface area contributed by atoms with Gasteiger partial charge in [-0.3, -0.25) is 29.5 Å². The number of benzene rings is 4. The van der Waals surface area contributed by atoms with Gasteiger partial charge in [0.2, 0.25) is 11.8 Å². The third kappa shape index (κ3) is 6.14. The maximum Gasteiger partial charge on any atom is 0.255 e. The molecular weight excluding hydrogens is 705 g/mol. The zero-order valence-electron chi connectivity index (χ0n) is 31.6. The predicted octanol–water partition coefficient (Wildman–Crippen LogP) is 5.50. The Morgan fingerprint density at radius 2 is 1.68 bits per heavy atom. The van der Waals surface area contributed by atoms with Crippen LogP contribution in [0.2, 0.25) is 0 Å². The van der Waals surface area contributed by atoms with Crippen LogP contribution >= 0.6 is 0 Å². The van der Waals surface area contributed by atoms with Crippen LogP contribution in [0.1, 0.15) is 87.7 Å². The largest absolute Gasteiger partial charge is 0.508 e. The van der Waals surface area contributed by atoms with Crippen molar-refractivity contribution in [3.8, 4) is 17.2 Å². The first-order chi connectivity index (χ1) is 27.3. The Hall–Kier alpha value is -5.19. The number of ether oxygens (including phenoxy) is 2. The number of aromatic hydroxyl groups is 1. The molecule has 3 saturated heterocycles. The molecule has 10 heteroatoms. The topological polar surface area (TPSA) is 112 Å². The van der Waals surface area contributed by atoms with E-state index in [1.807, 2.05) is 18.2 Å². The molecule has 10 rings (SSSR count). The van der Waals surface area contributed by atoms with E-state index < -0.39 is 6.04 Å². The Kier molecular flexibility index (Phi) is 8.86. The highest BCUT2D eigenvalue weighted by molar-refractivity contribution is 6.05. The monoisotopic (exact) mass is 752 g/mol. The summed E-state index contributed by atoms with van der Waals surface area (Å²) in [6.07, 6.45) is 4.63. The number of nitrogens with zero attached hydrogens (tertiary/aromatic N) is 3. The van der Waals surface area contributed by atoms with Gasteiger partial charge < -0.3 is 19.5 Å². The number of phenols is 1. The fourth-order valence-corrected chi connectivity index (χ4v) is 10.5. The zero-order valence-corrected chi connectivity index (χ0v) is 31.6. The molecule has 288 valence electrons. The van der Waals surface area contributed by atoms with Gasteiger partial charge in [-0.15, -0.1) is 0 Å². The molecule has 1 aliphatic carbocycles. The van der Waals surface area contributed by atoms with E-state index in [0.29, 0.717) is 49.5 Å². The molecule has 3 fully saturated rings. The van der Waals surface area contributed by atoms with E-state index in [4.69, 9.17) is 9.47 Å². The lowest BCUT2D eigenvalue weighted by Crippen LogP contribution is -2.62. The first-order valence-corrected chi connectivity index (χ1v) is 20.3. The molecule has 5 aliphatic heterocycles. The maximum atomic E-state index is 13.4. The van der Waals surface area contributed by atoms with Gasteiger partial charge in [-0.1, -0.05) is 54.6 Å². The van der Waals surface area contributed by atoms with Crippen LogP contribution in [0.5, 0.6) is 17.2 Å². The van der Waals surface area contributed by atoms with Gasteiger partial charge in [0.15, 0.2) is 0 Å². The second-order valence-corrected chi connectivity index (χ2v) is 16.7. The minimum atomic E-state index is -0.626. The van der Waals surface area contributed by atoms with Crippen LogP contribution in [0, 0.1) is 0 Å². The van der Waals surface area contributed by atoms with E-state index in [1.54, 1.807) is 4.90 Å². The molecule has 3 atom stereocenters. The minimum Gasteiger partial charge on any atom is -0.508 e. The predicted molar refractivity (Wildman–Crippen MR) is 210 cm³/mol. The van der Waals surface area contributed by atoms with Crippen LogP contribution in [0.25, 0.3) is 0 Å². The van der Waals surface area contributed by atoms with Gasteiger partial charge >= 0.3 is 0 Å². The lowest BCUT2D eigenvalue weighted by Gasteiger charge is -2.49. The summed E-state index contributed by atoms with van der Waals surface area (Å²) in [4.78, 5) is 44.3. The average Bonchev–Trinajstić information content (AvgIpc) is 3.73. The van der Waals surface area contributed by atoms with Crippen LogP contribution in [-0.4, -0.2) is 95.5 Å². The number of phenolic OH excluding ortho intramolecular Hbond substituents is 1. The van der Waals surface area contributed by atoms with Crippen LogP contribution < -0.4 is 14.8 Å². The molecule has 0 saturated carbocycles. The third-order valence-corrected chi connectivity index (χ3v) is 13.7. The van der Waals surface area contributed by atoms with Crippen LogP contribution in [-0.2, 0) is 28.0 Å². The summed E-state index contributed by atoms with van der Waals surface area (Å²) in [6, 6.07) is 29.3. The first-order valence-electron chi connectivity index (χ1n) is 20.3. The van der Waals surface area contributed by atoms with Crippen molar-refractivity contribution in [3.63, 3.8) is 0 Å². The molecule has 0 unspecified atom stereocenters. The van der Waals surface area contributed by atoms with Gasteiger partial charge in [0, 0.05) is 60.1 Å². The van der Waals surface area contributed by atoms with E-state index in [1.165, 1.54) is 27.8 Å². The van der Waals surface area contributed by atoms with Gasteiger partial charge in [0.1, 0.15) is 29.9 Å². The van der Waals surface area contributed by atoms with Crippen molar-refractivity contribution < 1.29 is 29.0 Å². The summed E-state index contributed by atoms with van der Waals surface area (Å²) in [5.41, 5.74) is 7.82. The molecule has 0 radical (unpaired) electrons. The summed E-state index contributed by atoms with van der Waals surface area (Å²) >= 11 is 0. The number of likely N-dealkylation sites (tertiary alicyclic amines) is 2. The number of imide groups is 1. The number of carbonyl (C=O) groups excluding carboxylic acids is 3. The van der Waals surface area contributed by atoms with Gasteiger partial charge in [-0.25, -0.2) is 0 Å². The van der Waals surface area contributed by atoms with Crippen molar-refractivity contribution in [1.29, 1.82) is 0 Å². The molecule has 0 aromatic heterocycles. The molecule has 4 aromatic carbocycles. The molecule has 2 N–H and O–H groups in total. The standard InChI is InChI=1S/C46H48N4O6/c51-33-9-13-36-31(24-33)8-12-35(29-4-2-1-3-5-29)42(36)30-6-10-34(11-7-30)55-23-22-48-25-32(26-48)49-20-18-46(19-21-49)28-56-43-38-27-50(40-16-17-41(52)47-44(40)53)45(54)37(38)14-15-39(43)46/h1-7,9-11,13-15,24,32,35,40,42,51H,8,12,16-23,25-28H2,(H,47,52,53)/t35-,40+,42+/m1/s1. The Morgan fingerprint density at radius 1 is 0.875 bits per heavy atom. The Balaban J connectivity index is 0.716. The van der Waals surface area contributed by atoms with E-state index in [2.05, 4.69) is 81.8 Å². The summed E-state index contributed by atoms with van der Waals surface area (Å²) in [7, 11) is 0. The summed E-state index contributed by atoms with van der Waals surface area (Å²) in [5.74, 6) is 1.83. The number of carbonyl (C=O) groups is 3. The van der Waals surface area contributed by atoms with Crippen LogP contribution in [0.15, 0.2) is 84.9 Å². The Morgan fingerprint density at radius 3 is 2.46 bits per heavy atom. The second-order valence-electron chi connectivity index (χ2n) is 16.7. The van der Waals surface area contributed by atoms with Gasteiger partial charge in [-0.2, -0.15) is 0 Å². The zero-order chi connectivity index (χ0) is 38.0. The van der Waals surface area contributed by atoms with Crippen LogP contribution in [0.3, 0.4) is 0 Å². The van der Waals surface area contributed by atoms with E-state index in [9.17, 15) is 19.5 Å². The van der Waals surface area contributed by atoms with E-state index >= 15 is 0 Å². The lowest BCUT2D eigenvalue weighted by molar-refractivity contribution is -0.136. The van der Waals surface area contributed by atoms with Gasteiger partial charge in [0.05, 0.1) is 13.2 Å². The number of hydrogen-bond donors (Lipinski definition) is 2. The summed E-state index contributed by atoms with van der Waals surface area (Å²) < 4.78 is 12.7. The molecule has 4 aromatic rings. The fraction of sp³-hybridized carbons (Fsp3) is 0.413. The molecule has 1 spiro atoms. The van der Waals surface area contributed by atoms with E-state index in [-0.39, 0.29) is 35.5 Å². The minimum absolute atomic E-state index is 0.0510. The molecule has 10 nitrogen and oxygen atoms in total. The fourth-order valence-electron chi connectivity index (χ4n) is 10.5. The molecule has 5 heterocycles. The van der Waals surface area contributed by atoms with Crippen molar-refractivity contribution in [1.82, 2.24) is 20.0 Å². The van der Waals surface area contributed by atoms with Crippen molar-refractivity contribution >= 4 is 17.7 Å². The molecule has 0 bridgehead atoms. The van der Waals surface area contributed by atoms with Gasteiger partial charge in [0.25, 0.3) is 5.91 Å². The highest BCUT2D eigenvalue weighted by Gasteiger charge is 2.49. The number of hydrogen-bond acceptors (Lipinski definition) is 8. The molecule has 3 amide bonds. The van der Waals surface area contributed by atoms with Crippen molar-refractivity contribution in [3.05, 3.63) is 124 Å². The Labute approximate surface area is 327 Å². The van der Waals surface area contributed by atoms with Crippen molar-refractivity contribution in [2.45, 2.75) is 74.4 Å². The number of amides is 3. The third-order valence-electron chi connectivity index (χ3n) is 13.7. The van der Waals surface area contributed by atoms with Gasteiger partial charge in [-0.05, 0) is 104 Å². The second kappa shape index (κ2) is 14.1. The number of fused-ring (bicyclic) bond motifs is 5. The van der Waals surface area contributed by atoms with Crippen molar-refractivity contribution in [2.75, 3.05) is 45.9 Å². The summed E-state index contributed by atoms with van der Waals surface area (Å²) in [5, 5.41) is 12.6. The number of aryl methyl sites for hydroxylation is 1.